The fourth-order valence-electron chi connectivity index (χ4n) is 6.60. The van der Waals surface area contributed by atoms with Crippen LogP contribution in [-0.2, 0) is 39.6 Å². The molecule has 1 fully saturated rings. The van der Waals surface area contributed by atoms with Crippen molar-refractivity contribution in [3.05, 3.63) is 80.3 Å². The summed E-state index contributed by atoms with van der Waals surface area (Å²) in [5.74, 6) is -3.41. The quantitative estimate of drug-likeness (QED) is 0.220. The molecule has 2 aliphatic heterocycles. The third kappa shape index (κ3) is 7.86. The number of carbonyl (C=O) groups is 3. The van der Waals surface area contributed by atoms with Crippen LogP contribution in [0.4, 0.5) is 26.3 Å². The van der Waals surface area contributed by atoms with Gasteiger partial charge in [0.25, 0.3) is 11.8 Å². The van der Waals surface area contributed by atoms with Crippen LogP contribution in [0.15, 0.2) is 48.0 Å². The van der Waals surface area contributed by atoms with E-state index in [1.54, 1.807) is 25.1 Å². The van der Waals surface area contributed by atoms with Crippen LogP contribution >= 0.6 is 22.9 Å². The molecule has 4 heterocycles. The van der Waals surface area contributed by atoms with E-state index in [4.69, 9.17) is 21.1 Å². The van der Waals surface area contributed by atoms with Gasteiger partial charge in [0.15, 0.2) is 0 Å². The summed E-state index contributed by atoms with van der Waals surface area (Å²) in [6.45, 7) is 0.662. The smallest absolute Gasteiger partial charge is 0.425 e. The molecule has 3 aromatic rings. The van der Waals surface area contributed by atoms with Gasteiger partial charge < -0.3 is 24.4 Å². The molecule has 3 atom stereocenters. The zero-order chi connectivity index (χ0) is 36.4. The Balaban J connectivity index is 1.63. The van der Waals surface area contributed by atoms with Gasteiger partial charge in [-0.15, -0.1) is 11.3 Å². The van der Waals surface area contributed by atoms with Crippen molar-refractivity contribution in [1.82, 2.24) is 14.8 Å². The van der Waals surface area contributed by atoms with E-state index in [1.807, 2.05) is 0 Å². The summed E-state index contributed by atoms with van der Waals surface area (Å²) in [4.78, 5) is 45.7. The summed E-state index contributed by atoms with van der Waals surface area (Å²) >= 11 is 6.57. The number of aromatic nitrogens is 1. The first-order valence-corrected chi connectivity index (χ1v) is 16.9. The number of piperidine rings is 1. The topological polar surface area (TPSA) is 109 Å². The van der Waals surface area contributed by atoms with E-state index < -0.39 is 70.6 Å². The zero-order valence-electron chi connectivity index (χ0n) is 26.5. The molecule has 0 bridgehead atoms. The number of hydrogen-bond donors (Lipinski definition) is 1. The van der Waals surface area contributed by atoms with Gasteiger partial charge in [0.05, 0.1) is 24.3 Å². The van der Waals surface area contributed by atoms with Gasteiger partial charge in [-0.1, -0.05) is 31.0 Å². The SMILES string of the molecule is CCC[C@H]1N(C(=O)c2ncccc2C(F)(F)F)CCC[C@@]1(Oc1csc(C(F)(F)F)c1)C(=O)N1Cc2ccc(Cl)cc2C[C@@H]1COCC(=O)O. The van der Waals surface area contributed by atoms with E-state index in [0.29, 0.717) is 28.3 Å². The van der Waals surface area contributed by atoms with Gasteiger partial charge in [-0.05, 0) is 54.7 Å². The lowest BCUT2D eigenvalue weighted by Crippen LogP contribution is -2.69. The highest BCUT2D eigenvalue weighted by atomic mass is 35.5. The van der Waals surface area contributed by atoms with Crippen molar-refractivity contribution in [3.8, 4) is 5.75 Å². The predicted octanol–water partition coefficient (Wildman–Crippen LogP) is 7.11. The first-order chi connectivity index (χ1) is 23.5. The molecule has 2 aromatic heterocycles. The first kappa shape index (κ1) is 37.4. The predicted molar refractivity (Wildman–Crippen MR) is 169 cm³/mol. The Morgan fingerprint density at radius 3 is 2.50 bits per heavy atom. The molecular formula is C33H32ClF6N3O6S. The summed E-state index contributed by atoms with van der Waals surface area (Å²) in [7, 11) is 0. The molecule has 1 aromatic carbocycles. The minimum absolute atomic E-state index is 0.0299. The van der Waals surface area contributed by atoms with E-state index >= 15 is 4.79 Å². The number of nitrogens with zero attached hydrogens (tertiary/aromatic N) is 3. The van der Waals surface area contributed by atoms with E-state index in [2.05, 4.69) is 4.98 Å². The van der Waals surface area contributed by atoms with Crippen LogP contribution in [0.2, 0.25) is 5.02 Å². The number of rotatable bonds is 10. The number of pyridine rings is 1. The van der Waals surface area contributed by atoms with Crippen LogP contribution in [0.3, 0.4) is 0 Å². The van der Waals surface area contributed by atoms with Gasteiger partial charge in [-0.25, -0.2) is 4.79 Å². The molecule has 0 spiro atoms. The third-order valence-electron chi connectivity index (χ3n) is 8.72. The average Bonchev–Trinajstić information content (AvgIpc) is 3.53. The van der Waals surface area contributed by atoms with Crippen molar-refractivity contribution in [2.24, 2.45) is 0 Å². The molecule has 1 saturated heterocycles. The molecule has 17 heteroatoms. The second kappa shape index (κ2) is 14.8. The highest BCUT2D eigenvalue weighted by Crippen LogP contribution is 2.43. The summed E-state index contributed by atoms with van der Waals surface area (Å²) < 4.78 is 94.8. The molecule has 0 radical (unpaired) electrons. The average molecular weight is 748 g/mol. The second-order valence-corrected chi connectivity index (χ2v) is 13.4. The summed E-state index contributed by atoms with van der Waals surface area (Å²) in [6, 6.07) is 5.47. The number of ether oxygens (including phenoxy) is 2. The van der Waals surface area contributed by atoms with E-state index in [9.17, 15) is 41.0 Å². The van der Waals surface area contributed by atoms with Crippen molar-refractivity contribution in [1.29, 1.82) is 0 Å². The van der Waals surface area contributed by atoms with Crippen LogP contribution in [0, 0.1) is 0 Å². The Morgan fingerprint density at radius 1 is 1.08 bits per heavy atom. The monoisotopic (exact) mass is 747 g/mol. The molecule has 2 amide bonds. The Morgan fingerprint density at radius 2 is 1.84 bits per heavy atom. The summed E-state index contributed by atoms with van der Waals surface area (Å²) in [5.41, 5.74) is -2.80. The summed E-state index contributed by atoms with van der Waals surface area (Å²) in [6.07, 6.45) is -8.17. The largest absolute Gasteiger partial charge is 0.480 e. The van der Waals surface area contributed by atoms with Gasteiger partial charge in [0.2, 0.25) is 5.60 Å². The maximum Gasteiger partial charge on any atom is 0.425 e. The maximum absolute atomic E-state index is 15.1. The van der Waals surface area contributed by atoms with Gasteiger partial charge >= 0.3 is 18.3 Å². The zero-order valence-corrected chi connectivity index (χ0v) is 28.1. The maximum atomic E-state index is 15.1. The first-order valence-electron chi connectivity index (χ1n) is 15.6. The van der Waals surface area contributed by atoms with Crippen molar-refractivity contribution < 1.29 is 55.3 Å². The third-order valence-corrected chi connectivity index (χ3v) is 9.91. The van der Waals surface area contributed by atoms with Crippen LogP contribution in [0.5, 0.6) is 5.75 Å². The number of benzene rings is 1. The number of amides is 2. The molecule has 0 aliphatic carbocycles. The van der Waals surface area contributed by atoms with Gasteiger partial charge in [0.1, 0.15) is 22.9 Å². The molecule has 0 saturated carbocycles. The van der Waals surface area contributed by atoms with Gasteiger partial charge in [0, 0.05) is 42.2 Å². The fraction of sp³-hybridized carbons (Fsp3) is 0.455. The Kier molecular flexibility index (Phi) is 11.0. The number of aliphatic carboxylic acids is 1. The van der Waals surface area contributed by atoms with Gasteiger partial charge in [-0.3, -0.25) is 14.6 Å². The Labute approximate surface area is 291 Å². The standard InChI is InChI=1S/C33H32ClF6N3O6S/c1-2-5-25-31(49-23-14-26(50-18-23)33(38,39)40,9-4-11-42(25)29(46)28-24(32(35,36)37)6-3-10-41-28)30(47)43-15-19-7-8-21(34)12-20(19)13-22(43)16-48-17-27(44)45/h3,6-8,10,12,14,18,22,25H,2,4-5,9,11,13,15-17H2,1H3,(H,44,45)/t22-,25-,31+/m1/s1. The number of fused-ring (bicyclic) bond motifs is 1. The number of likely N-dealkylation sites (tertiary alicyclic amines) is 1. The van der Waals surface area contributed by atoms with Gasteiger partial charge in [-0.2, -0.15) is 26.3 Å². The van der Waals surface area contributed by atoms with E-state index in [-0.39, 0.29) is 51.1 Å². The molecular weight excluding hydrogens is 716 g/mol. The highest BCUT2D eigenvalue weighted by molar-refractivity contribution is 7.10. The Bertz CT molecular complexity index is 1740. The number of alkyl halides is 6. The van der Waals surface area contributed by atoms with E-state index in [1.165, 1.54) is 4.90 Å². The molecule has 1 N–H and O–H groups in total. The number of carboxylic acids is 1. The Hall–Kier alpha value is -3.89. The van der Waals surface area contributed by atoms with Crippen LogP contribution < -0.4 is 4.74 Å². The lowest BCUT2D eigenvalue weighted by atomic mass is 9.79. The molecule has 0 unspecified atom stereocenters. The lowest BCUT2D eigenvalue weighted by Gasteiger charge is -2.51. The number of halogens is 7. The number of carboxylic acid groups (broad SMARTS) is 1. The highest BCUT2D eigenvalue weighted by Gasteiger charge is 2.57. The normalized spacial score (nSPS) is 21.1. The minimum Gasteiger partial charge on any atom is -0.480 e. The molecule has 9 nitrogen and oxygen atoms in total. The number of thiophene rings is 1. The van der Waals surface area contributed by atoms with Crippen LogP contribution in [0.25, 0.3) is 0 Å². The van der Waals surface area contributed by atoms with E-state index in [0.717, 1.165) is 40.2 Å². The van der Waals surface area contributed by atoms with Crippen molar-refractivity contribution in [3.63, 3.8) is 0 Å². The van der Waals surface area contributed by atoms with Crippen molar-refractivity contribution in [2.75, 3.05) is 19.8 Å². The van der Waals surface area contributed by atoms with Crippen molar-refractivity contribution >= 4 is 40.7 Å². The van der Waals surface area contributed by atoms with Crippen LogP contribution in [0.1, 0.15) is 64.7 Å². The molecule has 50 heavy (non-hydrogen) atoms. The summed E-state index contributed by atoms with van der Waals surface area (Å²) in [5, 5.41) is 10.7. The minimum atomic E-state index is -4.93. The number of hydrogen-bond acceptors (Lipinski definition) is 7. The number of carbonyl (C=O) groups excluding carboxylic acids is 2. The second-order valence-electron chi connectivity index (χ2n) is 12.1. The lowest BCUT2D eigenvalue weighted by molar-refractivity contribution is -0.164. The molecule has 270 valence electrons. The molecule has 2 aliphatic rings. The fourth-order valence-corrected chi connectivity index (χ4v) is 7.47. The van der Waals surface area contributed by atoms with Crippen LogP contribution in [-0.4, -0.2) is 75.1 Å². The van der Waals surface area contributed by atoms with Crippen molar-refractivity contribution in [2.45, 2.75) is 75.6 Å². The molecule has 5 rings (SSSR count).